The van der Waals surface area contributed by atoms with Gasteiger partial charge in [-0.05, 0) is 56.3 Å². The molecule has 1 aliphatic rings. The fraction of sp³-hybridized carbons (Fsp3) is 0.647. The normalized spacial score (nSPS) is 24.9. The lowest BCUT2D eigenvalue weighted by Gasteiger charge is -2.39. The largest absolute Gasteiger partial charge is 0.329 e. The minimum absolute atomic E-state index is 0.275. The molecule has 0 spiro atoms. The minimum Gasteiger partial charge on any atom is -0.329 e. The first-order chi connectivity index (χ1) is 9.65. The van der Waals surface area contributed by atoms with E-state index in [4.69, 9.17) is 17.3 Å². The van der Waals surface area contributed by atoms with Gasteiger partial charge < -0.3 is 5.73 Å². The molecule has 0 aliphatic heterocycles. The van der Waals surface area contributed by atoms with Gasteiger partial charge in [-0.2, -0.15) is 0 Å². The molecule has 1 fully saturated rings. The van der Waals surface area contributed by atoms with Crippen LogP contribution in [0, 0.1) is 5.92 Å². The molecule has 2 rings (SSSR count). The van der Waals surface area contributed by atoms with E-state index in [9.17, 15) is 0 Å². The van der Waals surface area contributed by atoms with Gasteiger partial charge in [-0.25, -0.2) is 0 Å². The fourth-order valence-electron chi connectivity index (χ4n) is 3.47. The highest BCUT2D eigenvalue weighted by Crippen LogP contribution is 2.33. The lowest BCUT2D eigenvalue weighted by Crippen LogP contribution is -2.40. The van der Waals surface area contributed by atoms with Crippen LogP contribution in [0.3, 0.4) is 0 Å². The molecule has 0 saturated heterocycles. The van der Waals surface area contributed by atoms with E-state index in [1.807, 2.05) is 18.2 Å². The topological polar surface area (TPSA) is 29.3 Å². The zero-order chi connectivity index (χ0) is 14.5. The number of nitrogens with zero attached hydrogens (tertiary/aromatic N) is 1. The number of hydrogen-bond donors (Lipinski definition) is 1. The van der Waals surface area contributed by atoms with Crippen LogP contribution in [0.15, 0.2) is 24.3 Å². The Bertz CT molecular complexity index is 413. The van der Waals surface area contributed by atoms with Crippen molar-refractivity contribution >= 4 is 11.6 Å². The predicted octanol–water partition coefficient (Wildman–Crippen LogP) is 4.24. The summed E-state index contributed by atoms with van der Waals surface area (Å²) >= 11 is 6.11. The summed E-state index contributed by atoms with van der Waals surface area (Å²) in [6, 6.07) is 9.06. The number of benzene rings is 1. The molecule has 112 valence electrons. The second-order valence-electron chi connectivity index (χ2n) is 6.05. The average Bonchev–Trinajstić information content (AvgIpc) is 2.48. The third kappa shape index (κ3) is 3.75. The van der Waals surface area contributed by atoms with Crippen molar-refractivity contribution in [1.82, 2.24) is 4.90 Å². The van der Waals surface area contributed by atoms with Crippen molar-refractivity contribution in [2.45, 2.75) is 51.1 Å². The van der Waals surface area contributed by atoms with Gasteiger partial charge in [-0.15, -0.1) is 0 Å². The highest BCUT2D eigenvalue weighted by Gasteiger charge is 2.27. The Balaban J connectivity index is 2.04. The quantitative estimate of drug-likeness (QED) is 0.880. The minimum atomic E-state index is 0.275. The van der Waals surface area contributed by atoms with Crippen molar-refractivity contribution in [3.05, 3.63) is 34.9 Å². The third-order valence-electron chi connectivity index (χ3n) is 4.92. The molecule has 0 radical (unpaired) electrons. The summed E-state index contributed by atoms with van der Waals surface area (Å²) in [6.45, 7) is 2.95. The Kier molecular flexibility index (Phi) is 5.88. The van der Waals surface area contributed by atoms with Crippen LogP contribution in [-0.2, 0) is 0 Å². The van der Waals surface area contributed by atoms with Crippen LogP contribution in [0.25, 0.3) is 0 Å². The number of rotatable bonds is 5. The van der Waals surface area contributed by atoms with E-state index in [0.717, 1.165) is 10.9 Å². The summed E-state index contributed by atoms with van der Waals surface area (Å²) in [5, 5.41) is 0.795. The lowest BCUT2D eigenvalue weighted by molar-refractivity contribution is 0.122. The smallest absolute Gasteiger partial charge is 0.0470 e. The van der Waals surface area contributed by atoms with Crippen LogP contribution in [0.1, 0.15) is 50.6 Å². The van der Waals surface area contributed by atoms with E-state index in [2.05, 4.69) is 24.9 Å². The van der Waals surface area contributed by atoms with E-state index in [0.29, 0.717) is 12.6 Å². The molecular formula is C17H27ClN2. The molecule has 0 aromatic heterocycles. The van der Waals surface area contributed by atoms with Crippen LogP contribution < -0.4 is 5.73 Å². The summed E-state index contributed by atoms with van der Waals surface area (Å²) in [5.41, 5.74) is 7.27. The van der Waals surface area contributed by atoms with Gasteiger partial charge in [-0.3, -0.25) is 4.90 Å². The van der Waals surface area contributed by atoms with Gasteiger partial charge in [0.1, 0.15) is 0 Å². The van der Waals surface area contributed by atoms with E-state index in [1.54, 1.807) is 0 Å². The number of hydrogen-bond acceptors (Lipinski definition) is 2. The Morgan fingerprint density at radius 2 is 2.00 bits per heavy atom. The third-order valence-corrected chi connectivity index (χ3v) is 5.15. The van der Waals surface area contributed by atoms with Gasteiger partial charge in [0.25, 0.3) is 0 Å². The maximum atomic E-state index is 6.11. The second kappa shape index (κ2) is 7.44. The zero-order valence-corrected chi connectivity index (χ0v) is 13.4. The summed E-state index contributed by atoms with van der Waals surface area (Å²) in [6.07, 6.45) is 6.64. The Morgan fingerprint density at radius 1 is 1.30 bits per heavy atom. The highest BCUT2D eigenvalue weighted by atomic mass is 35.5. The van der Waals surface area contributed by atoms with E-state index in [-0.39, 0.29) is 6.04 Å². The van der Waals surface area contributed by atoms with Gasteiger partial charge in [0, 0.05) is 23.7 Å². The van der Waals surface area contributed by atoms with Crippen molar-refractivity contribution in [3.8, 4) is 0 Å². The van der Waals surface area contributed by atoms with Crippen LogP contribution in [0.4, 0.5) is 0 Å². The fourth-order valence-corrected chi connectivity index (χ4v) is 3.66. The average molecular weight is 295 g/mol. The first-order valence-corrected chi connectivity index (χ1v) is 8.21. The maximum Gasteiger partial charge on any atom is 0.0470 e. The van der Waals surface area contributed by atoms with E-state index >= 15 is 0 Å². The summed E-state index contributed by atoms with van der Waals surface area (Å²) in [7, 11) is 2.22. The molecule has 1 unspecified atom stereocenters. The summed E-state index contributed by atoms with van der Waals surface area (Å²) in [5.74, 6) is 0.933. The molecule has 1 aromatic rings. The Morgan fingerprint density at radius 3 is 2.55 bits per heavy atom. The summed E-state index contributed by atoms with van der Waals surface area (Å²) in [4.78, 5) is 2.47. The molecule has 2 nitrogen and oxygen atoms in total. The standard InChI is InChI=1S/C17H27ClN2/c1-3-13-7-9-16(10-8-13)20(2)17(12-19)14-5-4-6-15(18)11-14/h4-6,11,13,16-17H,3,7-10,12,19H2,1-2H3. The maximum absolute atomic E-state index is 6.11. The Labute approximate surface area is 128 Å². The van der Waals surface area contributed by atoms with Gasteiger partial charge >= 0.3 is 0 Å². The first kappa shape index (κ1) is 15.8. The van der Waals surface area contributed by atoms with Crippen molar-refractivity contribution in [2.75, 3.05) is 13.6 Å². The van der Waals surface area contributed by atoms with Crippen LogP contribution in [-0.4, -0.2) is 24.5 Å². The van der Waals surface area contributed by atoms with E-state index in [1.165, 1.54) is 37.7 Å². The molecule has 1 aliphatic carbocycles. The number of halogens is 1. The monoisotopic (exact) mass is 294 g/mol. The second-order valence-corrected chi connectivity index (χ2v) is 6.49. The lowest BCUT2D eigenvalue weighted by atomic mass is 9.83. The van der Waals surface area contributed by atoms with Gasteiger partial charge in [0.2, 0.25) is 0 Å². The zero-order valence-electron chi connectivity index (χ0n) is 12.7. The Hall–Kier alpha value is -0.570. The van der Waals surface area contributed by atoms with Gasteiger partial charge in [-0.1, -0.05) is 37.1 Å². The molecule has 0 bridgehead atoms. The molecule has 1 aromatic carbocycles. The van der Waals surface area contributed by atoms with Crippen molar-refractivity contribution < 1.29 is 0 Å². The number of nitrogens with two attached hydrogens (primary N) is 1. The number of likely N-dealkylation sites (N-methyl/N-ethyl adjacent to an activating group) is 1. The molecule has 20 heavy (non-hydrogen) atoms. The predicted molar refractivity (Wildman–Crippen MR) is 87.0 cm³/mol. The van der Waals surface area contributed by atoms with Gasteiger partial charge in [0.15, 0.2) is 0 Å². The molecule has 0 heterocycles. The molecule has 2 N–H and O–H groups in total. The first-order valence-electron chi connectivity index (χ1n) is 7.83. The van der Waals surface area contributed by atoms with Crippen LogP contribution in [0.5, 0.6) is 0 Å². The molecule has 1 atom stereocenters. The van der Waals surface area contributed by atoms with Gasteiger partial charge in [0.05, 0.1) is 0 Å². The highest BCUT2D eigenvalue weighted by molar-refractivity contribution is 6.30. The molecule has 0 amide bonds. The van der Waals surface area contributed by atoms with E-state index < -0.39 is 0 Å². The van der Waals surface area contributed by atoms with Crippen molar-refractivity contribution in [1.29, 1.82) is 0 Å². The molecule has 1 saturated carbocycles. The molecular weight excluding hydrogens is 268 g/mol. The van der Waals surface area contributed by atoms with Crippen LogP contribution >= 0.6 is 11.6 Å². The SMILES string of the molecule is CCC1CCC(N(C)C(CN)c2cccc(Cl)c2)CC1. The summed E-state index contributed by atoms with van der Waals surface area (Å²) < 4.78 is 0. The van der Waals surface area contributed by atoms with Crippen molar-refractivity contribution in [2.24, 2.45) is 11.7 Å². The van der Waals surface area contributed by atoms with Crippen LogP contribution in [0.2, 0.25) is 5.02 Å². The van der Waals surface area contributed by atoms with Crippen molar-refractivity contribution in [3.63, 3.8) is 0 Å². The molecule has 3 heteroatoms.